The summed E-state index contributed by atoms with van der Waals surface area (Å²) in [5.41, 5.74) is 1.95. The van der Waals surface area contributed by atoms with Crippen molar-refractivity contribution in [1.82, 2.24) is 15.0 Å². The van der Waals surface area contributed by atoms with E-state index in [-0.39, 0.29) is 5.50 Å². The molecule has 0 radical (unpaired) electrons. The summed E-state index contributed by atoms with van der Waals surface area (Å²) in [6, 6.07) is 5.83. The normalized spacial score (nSPS) is 12.3. The molecule has 1 unspecified atom stereocenters. The molecule has 0 spiro atoms. The molecule has 0 amide bonds. The van der Waals surface area contributed by atoms with E-state index in [1.807, 2.05) is 25.1 Å². The van der Waals surface area contributed by atoms with Crippen molar-refractivity contribution in [2.24, 2.45) is 0 Å². The zero-order valence-electron chi connectivity index (χ0n) is 16.8. The van der Waals surface area contributed by atoms with E-state index >= 15 is 0 Å². The van der Waals surface area contributed by atoms with Gasteiger partial charge in [-0.15, -0.1) is 0 Å². The van der Waals surface area contributed by atoms with Gasteiger partial charge >= 0.3 is 0 Å². The highest BCUT2D eigenvalue weighted by molar-refractivity contribution is 6.35. The van der Waals surface area contributed by atoms with Crippen molar-refractivity contribution < 1.29 is 5.11 Å². The van der Waals surface area contributed by atoms with E-state index < -0.39 is 5.60 Å². The Labute approximate surface area is 176 Å². The number of aromatic nitrogens is 3. The first-order valence-corrected chi connectivity index (χ1v) is 10.0. The molecule has 0 fully saturated rings. The number of fused-ring (bicyclic) bond motifs is 1. The number of halogens is 2. The first-order chi connectivity index (χ1) is 13.2. The molecule has 0 aliphatic carbocycles. The number of aliphatic hydroxyl groups is 1. The summed E-state index contributed by atoms with van der Waals surface area (Å²) >= 11 is 12.3. The molecule has 0 saturated carbocycles. The monoisotopic (exact) mass is 420 g/mol. The molecule has 2 N–H and O–H groups in total. The number of nitrogens with zero attached hydrogens (tertiary/aromatic N) is 3. The van der Waals surface area contributed by atoms with E-state index in [4.69, 9.17) is 23.2 Å². The SMILES string of the molecule is CC(Cl)Nc1c(Cl)cnc2ccc(-c3cnc(C(C)(C)O)nc3)cc12.CCC. The summed E-state index contributed by atoms with van der Waals surface area (Å²) in [4.78, 5) is 12.9. The Morgan fingerprint density at radius 2 is 1.68 bits per heavy atom. The highest BCUT2D eigenvalue weighted by atomic mass is 35.5. The zero-order chi connectivity index (χ0) is 20.9. The molecule has 1 atom stereocenters. The molecule has 0 bridgehead atoms. The fraction of sp³-hybridized carbons (Fsp3) is 0.381. The molecular formula is C21H26Cl2N4O. The maximum atomic E-state index is 9.97. The number of pyridine rings is 1. The van der Waals surface area contributed by atoms with Crippen molar-refractivity contribution in [3.05, 3.63) is 47.6 Å². The molecule has 0 aliphatic rings. The lowest BCUT2D eigenvalue weighted by atomic mass is 10.0. The van der Waals surface area contributed by atoms with Crippen LogP contribution in [0.3, 0.4) is 0 Å². The number of alkyl halides is 1. The number of rotatable bonds is 4. The summed E-state index contributed by atoms with van der Waals surface area (Å²) in [6.45, 7) is 9.38. The van der Waals surface area contributed by atoms with E-state index in [9.17, 15) is 5.11 Å². The van der Waals surface area contributed by atoms with E-state index in [2.05, 4.69) is 34.1 Å². The number of anilines is 1. The minimum absolute atomic E-state index is 0.277. The van der Waals surface area contributed by atoms with Crippen molar-refractivity contribution in [2.45, 2.75) is 52.1 Å². The third kappa shape index (κ3) is 5.53. The summed E-state index contributed by atoms with van der Waals surface area (Å²) in [7, 11) is 0. The van der Waals surface area contributed by atoms with Gasteiger partial charge in [0.1, 0.15) is 5.60 Å². The summed E-state index contributed by atoms with van der Waals surface area (Å²) in [5, 5.41) is 14.5. The topological polar surface area (TPSA) is 70.9 Å². The van der Waals surface area contributed by atoms with Crippen molar-refractivity contribution in [2.75, 3.05) is 5.32 Å². The smallest absolute Gasteiger partial charge is 0.159 e. The largest absolute Gasteiger partial charge is 0.382 e. The van der Waals surface area contributed by atoms with E-state index in [1.165, 1.54) is 6.42 Å². The number of hydrogen-bond acceptors (Lipinski definition) is 5. The van der Waals surface area contributed by atoms with Gasteiger partial charge in [0, 0.05) is 29.5 Å². The molecule has 0 aliphatic heterocycles. The molecule has 3 aromatic rings. The Morgan fingerprint density at radius 3 is 2.21 bits per heavy atom. The van der Waals surface area contributed by atoms with Crippen molar-refractivity contribution in [3.63, 3.8) is 0 Å². The lowest BCUT2D eigenvalue weighted by Gasteiger charge is -2.16. The van der Waals surface area contributed by atoms with Gasteiger partial charge in [0.05, 0.1) is 21.7 Å². The van der Waals surface area contributed by atoms with Gasteiger partial charge in [0.2, 0.25) is 0 Å². The second-order valence-electron chi connectivity index (χ2n) is 7.03. The first kappa shape index (κ1) is 22.3. The third-order valence-electron chi connectivity index (χ3n) is 3.70. The maximum absolute atomic E-state index is 9.97. The molecule has 7 heteroatoms. The van der Waals surface area contributed by atoms with Crippen molar-refractivity contribution in [3.8, 4) is 11.1 Å². The fourth-order valence-corrected chi connectivity index (χ4v) is 2.80. The Balaban J connectivity index is 0.000000878. The second kappa shape index (κ2) is 9.50. The molecule has 150 valence electrons. The summed E-state index contributed by atoms with van der Waals surface area (Å²) in [6.07, 6.45) is 6.24. The van der Waals surface area contributed by atoms with Crippen LogP contribution in [-0.2, 0) is 5.60 Å². The van der Waals surface area contributed by atoms with Gasteiger partial charge in [-0.25, -0.2) is 9.97 Å². The number of nitrogens with one attached hydrogen (secondary N) is 1. The highest BCUT2D eigenvalue weighted by Crippen LogP contribution is 2.33. The van der Waals surface area contributed by atoms with Gasteiger partial charge in [-0.2, -0.15) is 0 Å². The van der Waals surface area contributed by atoms with Gasteiger partial charge in [0.25, 0.3) is 0 Å². The molecule has 5 nitrogen and oxygen atoms in total. The van der Waals surface area contributed by atoms with Gasteiger partial charge in [-0.05, 0) is 38.5 Å². The zero-order valence-corrected chi connectivity index (χ0v) is 18.3. The van der Waals surface area contributed by atoms with Crippen LogP contribution in [0.25, 0.3) is 22.0 Å². The van der Waals surface area contributed by atoms with Crippen molar-refractivity contribution in [1.29, 1.82) is 0 Å². The van der Waals surface area contributed by atoms with Crippen LogP contribution < -0.4 is 5.32 Å². The average molecular weight is 421 g/mol. The predicted octanol–water partition coefficient (Wildman–Crippen LogP) is 5.99. The summed E-state index contributed by atoms with van der Waals surface area (Å²) in [5.74, 6) is 0.375. The highest BCUT2D eigenvalue weighted by Gasteiger charge is 2.19. The Morgan fingerprint density at radius 1 is 1.07 bits per heavy atom. The van der Waals surface area contributed by atoms with E-state index in [0.29, 0.717) is 10.8 Å². The van der Waals surface area contributed by atoms with Gasteiger partial charge in [0.15, 0.2) is 5.82 Å². The lowest BCUT2D eigenvalue weighted by Crippen LogP contribution is -2.19. The molecule has 28 heavy (non-hydrogen) atoms. The van der Waals surface area contributed by atoms with Gasteiger partial charge in [-0.1, -0.05) is 49.5 Å². The molecule has 1 aromatic carbocycles. The van der Waals surface area contributed by atoms with Crippen LogP contribution in [-0.4, -0.2) is 25.6 Å². The minimum Gasteiger partial charge on any atom is -0.382 e. The van der Waals surface area contributed by atoms with Crippen LogP contribution in [0.15, 0.2) is 36.8 Å². The fourth-order valence-electron chi connectivity index (χ4n) is 2.49. The first-order valence-electron chi connectivity index (χ1n) is 9.21. The maximum Gasteiger partial charge on any atom is 0.159 e. The standard InChI is InChI=1S/C18H18Cl2N4O.C3H8/c1-10(19)24-16-13-6-11(4-5-15(13)21-9-14(16)20)12-7-22-17(23-8-12)18(2,3)25;1-3-2/h4-10,25H,1-3H3,(H,21,24);3H2,1-2H3. The molecule has 0 saturated heterocycles. The van der Waals surface area contributed by atoms with Crippen LogP contribution in [0.5, 0.6) is 0 Å². The second-order valence-corrected chi connectivity index (χ2v) is 8.10. The Bertz CT molecular complexity index is 922. The van der Waals surface area contributed by atoms with Crippen LogP contribution >= 0.6 is 23.2 Å². The van der Waals surface area contributed by atoms with E-state index in [1.54, 1.807) is 32.4 Å². The van der Waals surface area contributed by atoms with Crippen LogP contribution in [0.1, 0.15) is 46.9 Å². The average Bonchev–Trinajstić information content (AvgIpc) is 2.63. The lowest BCUT2D eigenvalue weighted by molar-refractivity contribution is 0.0687. The quantitative estimate of drug-likeness (QED) is 0.400. The Hall–Kier alpha value is -1.95. The van der Waals surface area contributed by atoms with Crippen LogP contribution in [0.2, 0.25) is 5.02 Å². The van der Waals surface area contributed by atoms with E-state index in [0.717, 1.165) is 27.7 Å². The minimum atomic E-state index is -1.08. The molecule has 2 heterocycles. The van der Waals surface area contributed by atoms with Crippen molar-refractivity contribution >= 4 is 39.8 Å². The number of benzene rings is 1. The Kier molecular flexibility index (Phi) is 7.58. The molecule has 2 aromatic heterocycles. The van der Waals surface area contributed by atoms with Crippen LogP contribution in [0.4, 0.5) is 5.69 Å². The van der Waals surface area contributed by atoms with Gasteiger partial charge < -0.3 is 10.4 Å². The van der Waals surface area contributed by atoms with Crippen LogP contribution in [0, 0.1) is 0 Å². The third-order valence-corrected chi connectivity index (χ3v) is 4.09. The number of hydrogen-bond donors (Lipinski definition) is 2. The molecular weight excluding hydrogens is 395 g/mol. The summed E-state index contributed by atoms with van der Waals surface area (Å²) < 4.78 is 0. The molecule has 3 rings (SSSR count). The van der Waals surface area contributed by atoms with Gasteiger partial charge in [-0.3, -0.25) is 4.98 Å². The predicted molar refractivity (Wildman–Crippen MR) is 118 cm³/mol.